The van der Waals surface area contributed by atoms with Crippen molar-refractivity contribution in [3.05, 3.63) is 17.0 Å². The molecule has 0 aromatic carbocycles. The molecule has 2 heterocycles. The highest BCUT2D eigenvalue weighted by molar-refractivity contribution is 5.85. The first-order valence-electron chi connectivity index (χ1n) is 6.43. The molecule has 1 aromatic heterocycles. The van der Waals surface area contributed by atoms with Crippen molar-refractivity contribution in [1.29, 1.82) is 0 Å². The summed E-state index contributed by atoms with van der Waals surface area (Å²) in [7, 11) is 0. The molecule has 0 spiro atoms. The van der Waals surface area contributed by atoms with Gasteiger partial charge >= 0.3 is 0 Å². The monoisotopic (exact) mass is 287 g/mol. The van der Waals surface area contributed by atoms with Gasteiger partial charge in [0.2, 0.25) is 5.91 Å². The summed E-state index contributed by atoms with van der Waals surface area (Å²) in [5, 5.41) is 7.26. The summed E-state index contributed by atoms with van der Waals surface area (Å²) in [5.41, 5.74) is 1.75. The van der Waals surface area contributed by atoms with Gasteiger partial charge in [-0.2, -0.15) is 0 Å². The average molecular weight is 288 g/mol. The molecule has 1 amide bonds. The van der Waals surface area contributed by atoms with Crippen LogP contribution in [0.25, 0.3) is 0 Å². The van der Waals surface area contributed by atoms with Crippen LogP contribution < -0.4 is 5.32 Å². The zero-order valence-corrected chi connectivity index (χ0v) is 12.7. The van der Waals surface area contributed by atoms with E-state index in [1.54, 1.807) is 0 Å². The molecule has 1 aliphatic heterocycles. The second-order valence-corrected chi connectivity index (χ2v) is 5.18. The topological polar surface area (TPSA) is 58.4 Å². The van der Waals surface area contributed by atoms with Crippen LogP contribution in [-0.2, 0) is 11.2 Å². The van der Waals surface area contributed by atoms with E-state index in [0.717, 1.165) is 30.1 Å². The fourth-order valence-corrected chi connectivity index (χ4v) is 2.38. The summed E-state index contributed by atoms with van der Waals surface area (Å²) in [6, 6.07) is 0.601. The van der Waals surface area contributed by atoms with Crippen LogP contribution in [0.15, 0.2) is 4.52 Å². The van der Waals surface area contributed by atoms with E-state index in [4.69, 9.17) is 4.52 Å². The van der Waals surface area contributed by atoms with Gasteiger partial charge in [0.1, 0.15) is 5.76 Å². The average Bonchev–Trinajstić information content (AvgIpc) is 2.64. The number of halogens is 1. The zero-order valence-electron chi connectivity index (χ0n) is 11.9. The van der Waals surface area contributed by atoms with Crippen LogP contribution in [0, 0.1) is 13.8 Å². The number of amides is 1. The number of carbonyl (C=O) groups excluding carboxylic acids is 1. The Morgan fingerprint density at radius 2 is 2.16 bits per heavy atom. The SMILES string of the molecule is Cc1noc(C)c1CC(=O)N1CC(C)NCC1C.Cl. The van der Waals surface area contributed by atoms with Crippen LogP contribution in [-0.4, -0.2) is 41.1 Å². The Labute approximate surface area is 120 Å². The summed E-state index contributed by atoms with van der Waals surface area (Å²) in [6.45, 7) is 9.53. The number of aromatic nitrogens is 1. The van der Waals surface area contributed by atoms with Gasteiger partial charge in [0.05, 0.1) is 12.1 Å². The number of hydrogen-bond acceptors (Lipinski definition) is 4. The molecule has 108 valence electrons. The number of piperazine rings is 1. The molecule has 5 nitrogen and oxygen atoms in total. The van der Waals surface area contributed by atoms with E-state index in [1.165, 1.54) is 0 Å². The van der Waals surface area contributed by atoms with Gasteiger partial charge in [-0.15, -0.1) is 12.4 Å². The number of aryl methyl sites for hydroxylation is 2. The Bertz CT molecular complexity index is 428. The fraction of sp³-hybridized carbons (Fsp3) is 0.692. The second-order valence-electron chi connectivity index (χ2n) is 5.18. The molecule has 1 aliphatic rings. The molecule has 0 radical (unpaired) electrons. The highest BCUT2D eigenvalue weighted by Gasteiger charge is 2.27. The first-order valence-corrected chi connectivity index (χ1v) is 6.43. The quantitative estimate of drug-likeness (QED) is 0.895. The third-order valence-corrected chi connectivity index (χ3v) is 3.59. The number of nitrogens with zero attached hydrogens (tertiary/aromatic N) is 2. The highest BCUT2D eigenvalue weighted by Crippen LogP contribution is 2.16. The smallest absolute Gasteiger partial charge is 0.227 e. The predicted octanol–water partition coefficient (Wildman–Crippen LogP) is 1.46. The van der Waals surface area contributed by atoms with Crippen LogP contribution in [0.3, 0.4) is 0 Å². The molecule has 1 N–H and O–H groups in total. The van der Waals surface area contributed by atoms with E-state index >= 15 is 0 Å². The minimum absolute atomic E-state index is 0. The van der Waals surface area contributed by atoms with Crippen molar-refractivity contribution < 1.29 is 9.32 Å². The van der Waals surface area contributed by atoms with Gasteiger partial charge in [0.15, 0.2) is 0 Å². The van der Waals surface area contributed by atoms with Crippen LogP contribution in [0.2, 0.25) is 0 Å². The standard InChI is InChI=1S/C13H21N3O2.ClH/c1-8-7-16(9(2)6-14-8)13(17)5-12-10(3)15-18-11(12)4;/h8-9,14H,5-7H2,1-4H3;1H. The third-order valence-electron chi connectivity index (χ3n) is 3.59. The summed E-state index contributed by atoms with van der Waals surface area (Å²) < 4.78 is 5.10. The molecule has 0 aliphatic carbocycles. The molecular formula is C13H22ClN3O2. The largest absolute Gasteiger partial charge is 0.361 e. The van der Waals surface area contributed by atoms with Crippen molar-refractivity contribution in [2.24, 2.45) is 0 Å². The maximum absolute atomic E-state index is 12.4. The first kappa shape index (κ1) is 16.0. The highest BCUT2D eigenvalue weighted by atomic mass is 35.5. The molecular weight excluding hydrogens is 266 g/mol. The van der Waals surface area contributed by atoms with Gasteiger partial charge < -0.3 is 14.7 Å². The Hall–Kier alpha value is -1.07. The molecule has 6 heteroatoms. The molecule has 2 atom stereocenters. The van der Waals surface area contributed by atoms with Crippen molar-refractivity contribution in [2.45, 2.75) is 46.2 Å². The van der Waals surface area contributed by atoms with Crippen LogP contribution in [0.4, 0.5) is 0 Å². The summed E-state index contributed by atoms with van der Waals surface area (Å²) in [6.07, 6.45) is 0.387. The van der Waals surface area contributed by atoms with Crippen molar-refractivity contribution in [1.82, 2.24) is 15.4 Å². The summed E-state index contributed by atoms with van der Waals surface area (Å²) in [4.78, 5) is 14.3. The first-order chi connectivity index (χ1) is 8.49. The van der Waals surface area contributed by atoms with Crippen LogP contribution in [0.5, 0.6) is 0 Å². The molecule has 19 heavy (non-hydrogen) atoms. The summed E-state index contributed by atoms with van der Waals surface area (Å²) >= 11 is 0. The Balaban J connectivity index is 0.00000180. The second kappa shape index (κ2) is 6.39. The van der Waals surface area contributed by atoms with Gasteiger partial charge in [-0.25, -0.2) is 0 Å². The Morgan fingerprint density at radius 1 is 1.47 bits per heavy atom. The van der Waals surface area contributed by atoms with Crippen molar-refractivity contribution in [3.63, 3.8) is 0 Å². The molecule has 2 rings (SSSR count). The Kier molecular flexibility index (Phi) is 5.38. The van der Waals surface area contributed by atoms with E-state index in [9.17, 15) is 4.79 Å². The van der Waals surface area contributed by atoms with E-state index in [-0.39, 0.29) is 24.4 Å². The van der Waals surface area contributed by atoms with Crippen LogP contribution in [0.1, 0.15) is 30.9 Å². The van der Waals surface area contributed by atoms with E-state index in [2.05, 4.69) is 24.3 Å². The minimum Gasteiger partial charge on any atom is -0.361 e. The molecule has 2 unspecified atom stereocenters. The maximum Gasteiger partial charge on any atom is 0.227 e. The number of nitrogens with one attached hydrogen (secondary N) is 1. The molecule has 0 saturated carbocycles. The molecule has 1 aromatic rings. The lowest BCUT2D eigenvalue weighted by Crippen LogP contribution is -2.56. The lowest BCUT2D eigenvalue weighted by molar-refractivity contribution is -0.133. The number of carbonyl (C=O) groups is 1. The van der Waals surface area contributed by atoms with Crippen molar-refractivity contribution in [3.8, 4) is 0 Å². The van der Waals surface area contributed by atoms with Gasteiger partial charge in [-0.05, 0) is 27.7 Å². The van der Waals surface area contributed by atoms with Crippen LogP contribution >= 0.6 is 12.4 Å². The van der Waals surface area contributed by atoms with Gasteiger partial charge in [0.25, 0.3) is 0 Å². The van der Waals surface area contributed by atoms with E-state index in [0.29, 0.717) is 12.5 Å². The fourth-order valence-electron chi connectivity index (χ4n) is 2.38. The number of hydrogen-bond donors (Lipinski definition) is 1. The molecule has 0 bridgehead atoms. The lowest BCUT2D eigenvalue weighted by Gasteiger charge is -2.37. The van der Waals surface area contributed by atoms with Crippen molar-refractivity contribution >= 4 is 18.3 Å². The lowest BCUT2D eigenvalue weighted by atomic mass is 10.1. The molecule has 1 fully saturated rings. The van der Waals surface area contributed by atoms with Gasteiger partial charge in [-0.1, -0.05) is 5.16 Å². The zero-order chi connectivity index (χ0) is 13.3. The molecule has 1 saturated heterocycles. The number of rotatable bonds is 2. The van der Waals surface area contributed by atoms with E-state index in [1.807, 2.05) is 18.7 Å². The van der Waals surface area contributed by atoms with E-state index < -0.39 is 0 Å². The van der Waals surface area contributed by atoms with Gasteiger partial charge in [-0.3, -0.25) is 4.79 Å². The summed E-state index contributed by atoms with van der Waals surface area (Å²) in [5.74, 6) is 0.905. The Morgan fingerprint density at radius 3 is 2.74 bits per heavy atom. The van der Waals surface area contributed by atoms with Crippen molar-refractivity contribution in [2.75, 3.05) is 13.1 Å². The third kappa shape index (κ3) is 3.48. The maximum atomic E-state index is 12.4. The minimum atomic E-state index is 0. The van der Waals surface area contributed by atoms with Gasteiger partial charge in [0, 0.05) is 30.7 Å². The predicted molar refractivity (Wildman–Crippen MR) is 75.6 cm³/mol. The normalized spacial score (nSPS) is 23.1.